The van der Waals surface area contributed by atoms with Crippen molar-refractivity contribution in [3.8, 4) is 5.75 Å². The molecule has 2 aromatic carbocycles. The fraction of sp³-hybridized carbons (Fsp3) is 0.364. The summed E-state index contributed by atoms with van der Waals surface area (Å²) in [5.41, 5.74) is 1.80. The minimum Gasteiger partial charge on any atom is -0.497 e. The molecule has 142 valence electrons. The predicted molar refractivity (Wildman–Crippen MR) is 105 cm³/mol. The van der Waals surface area contributed by atoms with Gasteiger partial charge in [-0.1, -0.05) is 30.3 Å². The van der Waals surface area contributed by atoms with Crippen LogP contribution in [-0.4, -0.2) is 54.9 Å². The van der Waals surface area contributed by atoms with E-state index in [9.17, 15) is 9.59 Å². The van der Waals surface area contributed by atoms with Crippen LogP contribution in [0.3, 0.4) is 0 Å². The molecule has 1 aliphatic rings. The summed E-state index contributed by atoms with van der Waals surface area (Å²) in [7, 11) is 1.64. The maximum absolute atomic E-state index is 12.6. The lowest BCUT2D eigenvalue weighted by molar-refractivity contribution is -0.131. The maximum atomic E-state index is 12.6. The number of carbonyl (C=O) groups is 2. The van der Waals surface area contributed by atoms with E-state index in [1.165, 1.54) is 0 Å². The van der Waals surface area contributed by atoms with Crippen molar-refractivity contribution in [3.05, 3.63) is 65.7 Å². The molecule has 1 aliphatic heterocycles. The molecule has 0 bridgehead atoms. The SMILES string of the molecule is COc1cccc(CCC(=O)N2CCCN(C(=O)c3ccccc3)CC2)c1. The third-order valence-corrected chi connectivity index (χ3v) is 4.92. The third kappa shape index (κ3) is 5.09. The first-order valence-corrected chi connectivity index (χ1v) is 9.42. The number of nitrogens with zero attached hydrogens (tertiary/aromatic N) is 2. The summed E-state index contributed by atoms with van der Waals surface area (Å²) >= 11 is 0. The fourth-order valence-electron chi connectivity index (χ4n) is 3.37. The molecule has 0 radical (unpaired) electrons. The van der Waals surface area contributed by atoms with Gasteiger partial charge in [0, 0.05) is 38.2 Å². The highest BCUT2D eigenvalue weighted by Crippen LogP contribution is 2.15. The molecule has 5 heteroatoms. The van der Waals surface area contributed by atoms with E-state index in [0.29, 0.717) is 44.6 Å². The van der Waals surface area contributed by atoms with Gasteiger partial charge in [-0.25, -0.2) is 0 Å². The molecule has 3 rings (SSSR count). The Kier molecular flexibility index (Phi) is 6.47. The van der Waals surface area contributed by atoms with Crippen molar-refractivity contribution in [2.24, 2.45) is 0 Å². The van der Waals surface area contributed by atoms with Crippen LogP contribution in [0.1, 0.15) is 28.8 Å². The van der Waals surface area contributed by atoms with Gasteiger partial charge in [-0.2, -0.15) is 0 Å². The second-order valence-electron chi connectivity index (χ2n) is 6.74. The zero-order valence-electron chi connectivity index (χ0n) is 15.8. The molecule has 0 atom stereocenters. The highest BCUT2D eigenvalue weighted by atomic mass is 16.5. The average molecular weight is 366 g/mol. The lowest BCUT2D eigenvalue weighted by atomic mass is 10.1. The van der Waals surface area contributed by atoms with Gasteiger partial charge in [0.05, 0.1) is 7.11 Å². The Hall–Kier alpha value is -2.82. The van der Waals surface area contributed by atoms with Gasteiger partial charge in [-0.3, -0.25) is 9.59 Å². The van der Waals surface area contributed by atoms with Gasteiger partial charge in [0.15, 0.2) is 0 Å². The van der Waals surface area contributed by atoms with Gasteiger partial charge < -0.3 is 14.5 Å². The summed E-state index contributed by atoms with van der Waals surface area (Å²) in [5.74, 6) is 0.998. The molecule has 1 fully saturated rings. The molecule has 0 unspecified atom stereocenters. The molecular weight excluding hydrogens is 340 g/mol. The van der Waals surface area contributed by atoms with Crippen molar-refractivity contribution in [2.45, 2.75) is 19.3 Å². The first kappa shape index (κ1) is 19.0. The van der Waals surface area contributed by atoms with Crippen molar-refractivity contribution in [2.75, 3.05) is 33.3 Å². The number of hydrogen-bond donors (Lipinski definition) is 0. The van der Waals surface area contributed by atoms with Crippen LogP contribution in [0.25, 0.3) is 0 Å². The van der Waals surface area contributed by atoms with Crippen molar-refractivity contribution in [3.63, 3.8) is 0 Å². The number of aryl methyl sites for hydroxylation is 1. The van der Waals surface area contributed by atoms with Crippen molar-refractivity contribution < 1.29 is 14.3 Å². The van der Waals surface area contributed by atoms with Gasteiger partial charge in [-0.05, 0) is 42.7 Å². The molecule has 0 N–H and O–H groups in total. The Morgan fingerprint density at radius 2 is 1.67 bits per heavy atom. The Morgan fingerprint density at radius 1 is 0.926 bits per heavy atom. The Balaban J connectivity index is 1.52. The van der Waals surface area contributed by atoms with Crippen LogP contribution in [0.5, 0.6) is 5.75 Å². The Morgan fingerprint density at radius 3 is 2.44 bits per heavy atom. The van der Waals surface area contributed by atoms with Gasteiger partial charge in [-0.15, -0.1) is 0 Å². The van der Waals surface area contributed by atoms with Crippen LogP contribution in [0.15, 0.2) is 54.6 Å². The van der Waals surface area contributed by atoms with E-state index < -0.39 is 0 Å². The van der Waals surface area contributed by atoms with Gasteiger partial charge >= 0.3 is 0 Å². The van der Waals surface area contributed by atoms with Crippen LogP contribution < -0.4 is 4.74 Å². The molecular formula is C22H26N2O3. The van der Waals surface area contributed by atoms with Gasteiger partial charge in [0.25, 0.3) is 5.91 Å². The van der Waals surface area contributed by atoms with Crippen molar-refractivity contribution in [1.82, 2.24) is 9.80 Å². The summed E-state index contributed by atoms with van der Waals surface area (Å²) in [6, 6.07) is 17.2. The second-order valence-corrected chi connectivity index (χ2v) is 6.74. The largest absolute Gasteiger partial charge is 0.497 e. The third-order valence-electron chi connectivity index (χ3n) is 4.92. The number of amides is 2. The summed E-state index contributed by atoms with van der Waals surface area (Å²) in [6.07, 6.45) is 1.97. The summed E-state index contributed by atoms with van der Waals surface area (Å²) < 4.78 is 5.23. The molecule has 0 spiro atoms. The Labute approximate surface area is 160 Å². The van der Waals surface area contributed by atoms with E-state index in [0.717, 1.165) is 17.7 Å². The molecule has 0 saturated carbocycles. The number of carbonyl (C=O) groups excluding carboxylic acids is 2. The summed E-state index contributed by atoms with van der Waals surface area (Å²) in [6.45, 7) is 2.57. The molecule has 0 aromatic heterocycles. The lowest BCUT2D eigenvalue weighted by Crippen LogP contribution is -2.37. The monoisotopic (exact) mass is 366 g/mol. The van der Waals surface area contributed by atoms with E-state index in [2.05, 4.69) is 0 Å². The lowest BCUT2D eigenvalue weighted by Gasteiger charge is -2.22. The van der Waals surface area contributed by atoms with Crippen LogP contribution in [-0.2, 0) is 11.2 Å². The maximum Gasteiger partial charge on any atom is 0.253 e. The van der Waals surface area contributed by atoms with Crippen LogP contribution in [0.4, 0.5) is 0 Å². The minimum atomic E-state index is 0.0429. The number of ether oxygens (including phenoxy) is 1. The van der Waals surface area contributed by atoms with Crippen LogP contribution >= 0.6 is 0 Å². The zero-order chi connectivity index (χ0) is 19.1. The summed E-state index contributed by atoms with van der Waals surface area (Å²) in [5, 5.41) is 0. The zero-order valence-corrected chi connectivity index (χ0v) is 15.8. The van der Waals surface area contributed by atoms with E-state index >= 15 is 0 Å². The minimum absolute atomic E-state index is 0.0429. The van der Waals surface area contributed by atoms with E-state index in [-0.39, 0.29) is 11.8 Å². The first-order valence-electron chi connectivity index (χ1n) is 9.42. The average Bonchev–Trinajstić information content (AvgIpc) is 2.98. The fourth-order valence-corrected chi connectivity index (χ4v) is 3.37. The Bertz CT molecular complexity index is 776. The molecule has 5 nitrogen and oxygen atoms in total. The first-order chi connectivity index (χ1) is 13.2. The molecule has 2 aromatic rings. The molecule has 27 heavy (non-hydrogen) atoms. The van der Waals surface area contributed by atoms with Crippen molar-refractivity contribution in [1.29, 1.82) is 0 Å². The number of hydrogen-bond acceptors (Lipinski definition) is 3. The summed E-state index contributed by atoms with van der Waals surface area (Å²) in [4.78, 5) is 29.0. The quantitative estimate of drug-likeness (QED) is 0.817. The van der Waals surface area contributed by atoms with Gasteiger partial charge in [0.1, 0.15) is 5.75 Å². The smallest absolute Gasteiger partial charge is 0.253 e. The molecule has 1 heterocycles. The van der Waals surface area contributed by atoms with Crippen molar-refractivity contribution >= 4 is 11.8 Å². The van der Waals surface area contributed by atoms with E-state index in [1.807, 2.05) is 64.4 Å². The highest BCUT2D eigenvalue weighted by Gasteiger charge is 2.22. The van der Waals surface area contributed by atoms with Crippen LogP contribution in [0, 0.1) is 0 Å². The molecule has 0 aliphatic carbocycles. The van der Waals surface area contributed by atoms with Gasteiger partial charge in [0.2, 0.25) is 5.91 Å². The predicted octanol–water partition coefficient (Wildman–Crippen LogP) is 3.00. The number of benzene rings is 2. The van der Waals surface area contributed by atoms with Crippen LogP contribution in [0.2, 0.25) is 0 Å². The standard InChI is InChI=1S/C22H26N2O3/c1-27-20-10-5-7-18(17-20)11-12-21(25)23-13-6-14-24(16-15-23)22(26)19-8-3-2-4-9-19/h2-5,7-10,17H,6,11-16H2,1H3. The number of rotatable bonds is 5. The normalized spacial score (nSPS) is 14.6. The van der Waals surface area contributed by atoms with E-state index in [1.54, 1.807) is 7.11 Å². The highest BCUT2D eigenvalue weighted by molar-refractivity contribution is 5.94. The molecule has 1 saturated heterocycles. The molecule has 2 amide bonds. The van der Waals surface area contributed by atoms with E-state index in [4.69, 9.17) is 4.74 Å². The second kappa shape index (κ2) is 9.21. The topological polar surface area (TPSA) is 49.9 Å². The number of methoxy groups -OCH3 is 1.